The molecule has 0 aliphatic heterocycles. The number of phenolic OH excluding ortho intramolecular Hbond substituents is 2. The molecule has 49 heavy (non-hydrogen) atoms. The molecule has 0 saturated heterocycles. The second-order valence-electron chi connectivity index (χ2n) is 11.0. The Balaban J connectivity index is 0.000000154. The van der Waals surface area contributed by atoms with Crippen LogP contribution in [0.5, 0.6) is 11.5 Å². The summed E-state index contributed by atoms with van der Waals surface area (Å²) in [5.41, 5.74) is 7.99. The van der Waals surface area contributed by atoms with E-state index in [1.54, 1.807) is 48.8 Å². The van der Waals surface area contributed by atoms with Crippen molar-refractivity contribution in [2.75, 3.05) is 10.6 Å². The molecule has 0 atom stereocenters. The minimum Gasteiger partial charge on any atom is -0.508 e. The Morgan fingerprint density at radius 1 is 0.469 bits per heavy atom. The molecule has 10 nitrogen and oxygen atoms in total. The number of aromatic nitrogens is 6. The zero-order valence-corrected chi connectivity index (χ0v) is 26.1. The Labute approximate surface area is 281 Å². The lowest BCUT2D eigenvalue weighted by Crippen LogP contribution is -2.02. The maximum absolute atomic E-state index is 9.41. The van der Waals surface area contributed by atoms with E-state index in [0.29, 0.717) is 29.4 Å². The van der Waals surface area contributed by atoms with Gasteiger partial charge in [0.05, 0.1) is 23.8 Å². The van der Waals surface area contributed by atoms with Crippen LogP contribution in [-0.4, -0.2) is 40.1 Å². The lowest BCUT2D eigenvalue weighted by atomic mass is 10.1. The highest BCUT2D eigenvalue weighted by atomic mass is 16.3. The van der Waals surface area contributed by atoms with Gasteiger partial charge in [-0.05, 0) is 90.5 Å². The van der Waals surface area contributed by atoms with Crippen LogP contribution in [0.3, 0.4) is 0 Å². The van der Waals surface area contributed by atoms with Crippen molar-refractivity contribution in [1.29, 1.82) is 0 Å². The minimum absolute atomic E-state index is 0.222. The summed E-state index contributed by atoms with van der Waals surface area (Å²) in [6, 6.07) is 41.3. The van der Waals surface area contributed by atoms with Crippen molar-refractivity contribution in [1.82, 2.24) is 29.9 Å². The number of anilines is 3. The number of nitrogens with zero attached hydrogens (tertiary/aromatic N) is 6. The largest absolute Gasteiger partial charge is 0.508 e. The third-order valence-electron chi connectivity index (χ3n) is 7.50. The van der Waals surface area contributed by atoms with E-state index in [4.69, 9.17) is 0 Å². The molecule has 0 saturated carbocycles. The van der Waals surface area contributed by atoms with Gasteiger partial charge in [0.2, 0.25) is 0 Å². The van der Waals surface area contributed by atoms with Gasteiger partial charge in [0.1, 0.15) is 34.2 Å². The van der Waals surface area contributed by atoms with E-state index in [2.05, 4.69) is 52.7 Å². The van der Waals surface area contributed by atoms with Crippen molar-refractivity contribution < 1.29 is 10.2 Å². The summed E-state index contributed by atoms with van der Waals surface area (Å²) >= 11 is 0. The number of nitrogens with one attached hydrogen (secondary N) is 2. The Morgan fingerprint density at radius 2 is 0.959 bits per heavy atom. The molecule has 10 heteroatoms. The molecule has 0 aliphatic carbocycles. The van der Waals surface area contributed by atoms with Crippen molar-refractivity contribution in [3.8, 4) is 34.0 Å². The highest BCUT2D eigenvalue weighted by Gasteiger charge is 2.07. The number of phenols is 2. The molecule has 0 bridgehead atoms. The van der Waals surface area contributed by atoms with Crippen LogP contribution in [0, 0.1) is 0 Å². The summed E-state index contributed by atoms with van der Waals surface area (Å²) in [6.07, 6.45) is 3.42. The molecule has 238 valence electrons. The van der Waals surface area contributed by atoms with Gasteiger partial charge in [-0.3, -0.25) is 9.97 Å². The monoisotopic (exact) mass is 642 g/mol. The van der Waals surface area contributed by atoms with Gasteiger partial charge in [-0.15, -0.1) is 0 Å². The molecule has 8 aromatic rings. The summed E-state index contributed by atoms with van der Waals surface area (Å²) in [5.74, 6) is 1.92. The van der Waals surface area contributed by atoms with Crippen molar-refractivity contribution in [2.24, 2.45) is 0 Å². The highest BCUT2D eigenvalue weighted by Crippen LogP contribution is 2.24. The Hall–Kier alpha value is -6.94. The molecule has 0 spiro atoms. The fourth-order valence-corrected chi connectivity index (χ4v) is 4.96. The standard InChI is InChI=1S/C20H16N4O.C19H14N4O/c25-16-8-6-15(7-9-16)18-13-21-17-10-11-19(24-20(17)23-18)22-12-14-4-2-1-3-5-14;24-15-8-6-13(7-9-15)17-12-20-16-10-11-18(23-19(16)22-17)21-14-4-2-1-3-5-14/h1-11,13,25H,12H2,(H,22,23,24);1-12,24H,(H,21,22,23). The summed E-state index contributed by atoms with van der Waals surface area (Å²) in [7, 11) is 0. The van der Waals surface area contributed by atoms with Gasteiger partial charge < -0.3 is 20.8 Å². The van der Waals surface area contributed by atoms with Crippen molar-refractivity contribution in [3.05, 3.63) is 151 Å². The van der Waals surface area contributed by atoms with Gasteiger partial charge in [0.15, 0.2) is 11.3 Å². The van der Waals surface area contributed by atoms with E-state index in [0.717, 1.165) is 39.4 Å². The number of rotatable bonds is 7. The van der Waals surface area contributed by atoms with Crippen LogP contribution >= 0.6 is 0 Å². The third kappa shape index (κ3) is 7.72. The fraction of sp³-hybridized carbons (Fsp3) is 0.0256. The zero-order valence-electron chi connectivity index (χ0n) is 26.1. The molecule has 0 radical (unpaired) electrons. The number of fused-ring (bicyclic) bond motifs is 2. The van der Waals surface area contributed by atoms with Crippen LogP contribution in [0.15, 0.2) is 146 Å². The smallest absolute Gasteiger partial charge is 0.180 e. The topological polar surface area (TPSA) is 142 Å². The first kappa shape index (κ1) is 30.7. The number of para-hydroxylation sites is 1. The normalized spacial score (nSPS) is 10.7. The number of benzene rings is 4. The number of aromatic hydroxyl groups is 2. The Morgan fingerprint density at radius 3 is 1.51 bits per heavy atom. The van der Waals surface area contributed by atoms with Crippen molar-refractivity contribution in [2.45, 2.75) is 6.54 Å². The highest BCUT2D eigenvalue weighted by molar-refractivity contribution is 5.77. The second kappa shape index (κ2) is 14.2. The van der Waals surface area contributed by atoms with Gasteiger partial charge >= 0.3 is 0 Å². The number of hydrogen-bond donors (Lipinski definition) is 4. The quantitative estimate of drug-likeness (QED) is 0.135. The van der Waals surface area contributed by atoms with E-state index in [1.165, 1.54) is 5.56 Å². The van der Waals surface area contributed by atoms with Crippen LogP contribution in [-0.2, 0) is 6.54 Å². The summed E-state index contributed by atoms with van der Waals surface area (Å²) < 4.78 is 0. The molecule has 0 unspecified atom stereocenters. The molecule has 0 amide bonds. The molecule has 4 aromatic carbocycles. The first-order valence-corrected chi connectivity index (χ1v) is 15.5. The minimum atomic E-state index is 0.222. The molecule has 4 N–H and O–H groups in total. The number of pyridine rings is 2. The zero-order chi connectivity index (χ0) is 33.4. The van der Waals surface area contributed by atoms with Crippen LogP contribution in [0.1, 0.15) is 5.56 Å². The molecular weight excluding hydrogens is 612 g/mol. The second-order valence-corrected chi connectivity index (χ2v) is 11.0. The molecule has 8 rings (SSSR count). The van der Waals surface area contributed by atoms with E-state index >= 15 is 0 Å². The lowest BCUT2D eigenvalue weighted by molar-refractivity contribution is 0.475. The molecule has 0 fully saturated rings. The average molecular weight is 643 g/mol. The molecule has 4 aromatic heterocycles. The van der Waals surface area contributed by atoms with E-state index in [-0.39, 0.29) is 11.5 Å². The van der Waals surface area contributed by atoms with E-state index < -0.39 is 0 Å². The molecule has 4 heterocycles. The van der Waals surface area contributed by atoms with Crippen LogP contribution in [0.25, 0.3) is 44.8 Å². The third-order valence-corrected chi connectivity index (χ3v) is 7.50. The van der Waals surface area contributed by atoms with Gasteiger partial charge in [0.25, 0.3) is 0 Å². The van der Waals surface area contributed by atoms with Crippen molar-refractivity contribution in [3.63, 3.8) is 0 Å². The molecule has 0 aliphatic rings. The lowest BCUT2D eigenvalue weighted by Gasteiger charge is -2.07. The Kier molecular flexibility index (Phi) is 8.91. The first-order chi connectivity index (χ1) is 24.1. The average Bonchev–Trinajstić information content (AvgIpc) is 3.15. The van der Waals surface area contributed by atoms with E-state index in [9.17, 15) is 10.2 Å². The number of hydrogen-bond acceptors (Lipinski definition) is 10. The SMILES string of the molecule is Oc1ccc(-c2cnc3ccc(NCc4ccccc4)nc3n2)cc1.Oc1ccc(-c2cnc3ccc(Nc4ccccc4)nc3n2)cc1. The fourth-order valence-electron chi connectivity index (χ4n) is 4.96. The molecular formula is C39H30N8O2. The summed E-state index contributed by atoms with van der Waals surface area (Å²) in [5, 5.41) is 25.4. The summed E-state index contributed by atoms with van der Waals surface area (Å²) in [6.45, 7) is 0.699. The van der Waals surface area contributed by atoms with Crippen LogP contribution < -0.4 is 10.6 Å². The van der Waals surface area contributed by atoms with Gasteiger partial charge in [-0.25, -0.2) is 19.9 Å². The van der Waals surface area contributed by atoms with Crippen molar-refractivity contribution >= 4 is 39.7 Å². The van der Waals surface area contributed by atoms with Crippen LogP contribution in [0.4, 0.5) is 17.3 Å². The predicted molar refractivity (Wildman–Crippen MR) is 192 cm³/mol. The van der Waals surface area contributed by atoms with Gasteiger partial charge in [0, 0.05) is 23.4 Å². The van der Waals surface area contributed by atoms with E-state index in [1.807, 2.05) is 84.9 Å². The van der Waals surface area contributed by atoms with Gasteiger partial charge in [-0.1, -0.05) is 48.5 Å². The van der Waals surface area contributed by atoms with Crippen LogP contribution in [0.2, 0.25) is 0 Å². The first-order valence-electron chi connectivity index (χ1n) is 15.5. The Bertz CT molecular complexity index is 2320. The maximum atomic E-state index is 9.41. The predicted octanol–water partition coefficient (Wildman–Crippen LogP) is 8.15. The maximum Gasteiger partial charge on any atom is 0.180 e. The summed E-state index contributed by atoms with van der Waals surface area (Å²) in [4.78, 5) is 27.1. The van der Waals surface area contributed by atoms with Gasteiger partial charge in [-0.2, -0.15) is 0 Å².